The van der Waals surface area contributed by atoms with Crippen LogP contribution in [0.3, 0.4) is 0 Å². The first kappa shape index (κ1) is 13.6. The third-order valence-corrected chi connectivity index (χ3v) is 5.52. The van der Waals surface area contributed by atoms with Crippen molar-refractivity contribution in [3.8, 4) is 0 Å². The lowest BCUT2D eigenvalue weighted by Gasteiger charge is -2.39. The number of hydrogen-bond donors (Lipinski definition) is 1. The molecule has 0 aromatic heterocycles. The highest BCUT2D eigenvalue weighted by Gasteiger charge is 2.31. The normalized spacial score (nSPS) is 30.9. The van der Waals surface area contributed by atoms with E-state index in [1.165, 1.54) is 55.0 Å². The second-order valence-corrected chi connectivity index (χ2v) is 7.24. The van der Waals surface area contributed by atoms with E-state index in [4.69, 9.17) is 0 Å². The smallest absolute Gasteiger partial charge is 0.0208 e. The van der Waals surface area contributed by atoms with Crippen LogP contribution in [-0.2, 0) is 6.54 Å². The molecule has 0 spiro atoms. The van der Waals surface area contributed by atoms with Gasteiger partial charge in [0.25, 0.3) is 0 Å². The Morgan fingerprint density at radius 1 is 1.05 bits per heavy atom. The summed E-state index contributed by atoms with van der Waals surface area (Å²) < 4.78 is 1.18. The fourth-order valence-corrected chi connectivity index (χ4v) is 4.41. The van der Waals surface area contributed by atoms with Crippen molar-refractivity contribution in [3.05, 3.63) is 34.3 Å². The van der Waals surface area contributed by atoms with Crippen LogP contribution in [0.5, 0.6) is 0 Å². The maximum atomic E-state index is 3.78. The third kappa shape index (κ3) is 3.61. The second kappa shape index (κ2) is 6.41. The Kier molecular flexibility index (Phi) is 4.60. The number of nitrogens with one attached hydrogen (secondary N) is 1. The van der Waals surface area contributed by atoms with E-state index in [1.807, 2.05) is 0 Å². The molecular weight excluding hydrogens is 298 g/mol. The van der Waals surface area contributed by atoms with Gasteiger partial charge in [0, 0.05) is 17.1 Å². The number of benzene rings is 1. The molecule has 19 heavy (non-hydrogen) atoms. The fraction of sp³-hybridized carbons (Fsp3) is 0.647. The van der Waals surface area contributed by atoms with E-state index >= 15 is 0 Å². The number of halogens is 1. The van der Waals surface area contributed by atoms with Crippen LogP contribution in [0.2, 0.25) is 0 Å². The molecule has 2 fully saturated rings. The molecule has 2 saturated carbocycles. The summed E-state index contributed by atoms with van der Waals surface area (Å²) >= 11 is 3.55. The van der Waals surface area contributed by atoms with Gasteiger partial charge in [-0.2, -0.15) is 0 Å². The average molecular weight is 322 g/mol. The topological polar surface area (TPSA) is 12.0 Å². The lowest BCUT2D eigenvalue weighted by molar-refractivity contribution is 0.143. The molecule has 1 aromatic rings. The van der Waals surface area contributed by atoms with Crippen LogP contribution in [0.15, 0.2) is 28.7 Å². The predicted octanol–water partition coefficient (Wildman–Crippen LogP) is 4.90. The maximum absolute atomic E-state index is 3.78. The van der Waals surface area contributed by atoms with Crippen LogP contribution in [-0.4, -0.2) is 6.04 Å². The molecule has 0 aliphatic heterocycles. The van der Waals surface area contributed by atoms with E-state index in [9.17, 15) is 0 Å². The molecule has 0 heterocycles. The molecule has 3 atom stereocenters. The second-order valence-electron chi connectivity index (χ2n) is 6.33. The Balaban J connectivity index is 1.51. The zero-order valence-corrected chi connectivity index (χ0v) is 13.2. The molecule has 0 amide bonds. The molecule has 104 valence electrons. The van der Waals surface area contributed by atoms with Crippen molar-refractivity contribution < 1.29 is 0 Å². The summed E-state index contributed by atoms with van der Waals surface area (Å²) in [5.74, 6) is 2.07. The lowest BCUT2D eigenvalue weighted by Crippen LogP contribution is -2.38. The number of rotatable bonds is 3. The van der Waals surface area contributed by atoms with E-state index in [0.717, 1.165) is 24.4 Å². The van der Waals surface area contributed by atoms with Gasteiger partial charge in [0.15, 0.2) is 0 Å². The minimum absolute atomic E-state index is 0.748. The summed E-state index contributed by atoms with van der Waals surface area (Å²) in [6.45, 7) is 1.02. The van der Waals surface area contributed by atoms with Crippen molar-refractivity contribution in [1.29, 1.82) is 0 Å². The van der Waals surface area contributed by atoms with E-state index < -0.39 is 0 Å². The molecule has 1 aromatic carbocycles. The van der Waals surface area contributed by atoms with Crippen molar-refractivity contribution in [2.24, 2.45) is 11.8 Å². The summed E-state index contributed by atoms with van der Waals surface area (Å²) in [5, 5.41) is 3.78. The summed E-state index contributed by atoms with van der Waals surface area (Å²) in [6, 6.07) is 9.40. The van der Waals surface area contributed by atoms with Gasteiger partial charge >= 0.3 is 0 Å². The molecule has 3 rings (SSSR count). The Labute approximate surface area is 125 Å². The van der Waals surface area contributed by atoms with Gasteiger partial charge in [-0.15, -0.1) is 0 Å². The van der Waals surface area contributed by atoms with Crippen LogP contribution >= 0.6 is 15.9 Å². The average Bonchev–Trinajstić information content (AvgIpc) is 2.45. The zero-order valence-electron chi connectivity index (χ0n) is 11.6. The number of fused-ring (bicyclic) bond motifs is 1. The lowest BCUT2D eigenvalue weighted by atomic mass is 9.69. The van der Waals surface area contributed by atoms with Crippen molar-refractivity contribution in [2.45, 2.75) is 57.5 Å². The largest absolute Gasteiger partial charge is 0.310 e. The summed E-state index contributed by atoms with van der Waals surface area (Å²) in [6.07, 6.45) is 10.2. The van der Waals surface area contributed by atoms with Crippen molar-refractivity contribution in [2.75, 3.05) is 0 Å². The molecule has 0 saturated heterocycles. The summed E-state index contributed by atoms with van der Waals surface area (Å²) in [7, 11) is 0. The first-order chi connectivity index (χ1) is 9.31. The SMILES string of the molecule is Brc1cccc(CNC2CCC3CCCCC3C2)c1. The van der Waals surface area contributed by atoms with Gasteiger partial charge in [-0.1, -0.05) is 53.7 Å². The summed E-state index contributed by atoms with van der Waals surface area (Å²) in [4.78, 5) is 0. The number of hydrogen-bond acceptors (Lipinski definition) is 1. The maximum Gasteiger partial charge on any atom is 0.0208 e. The van der Waals surface area contributed by atoms with Crippen LogP contribution in [0.4, 0.5) is 0 Å². The monoisotopic (exact) mass is 321 g/mol. The van der Waals surface area contributed by atoms with Crippen LogP contribution < -0.4 is 5.32 Å². The van der Waals surface area contributed by atoms with Gasteiger partial charge in [-0.3, -0.25) is 0 Å². The Morgan fingerprint density at radius 3 is 2.74 bits per heavy atom. The van der Waals surface area contributed by atoms with E-state index in [0.29, 0.717) is 0 Å². The van der Waals surface area contributed by atoms with Crippen LogP contribution in [0.25, 0.3) is 0 Å². The Bertz CT molecular complexity index is 417. The van der Waals surface area contributed by atoms with Gasteiger partial charge in [0.2, 0.25) is 0 Å². The Hall–Kier alpha value is -0.340. The quantitative estimate of drug-likeness (QED) is 0.835. The highest BCUT2D eigenvalue weighted by molar-refractivity contribution is 9.10. The first-order valence-corrected chi connectivity index (χ1v) is 8.58. The van der Waals surface area contributed by atoms with E-state index in [2.05, 4.69) is 45.5 Å². The van der Waals surface area contributed by atoms with Crippen molar-refractivity contribution in [3.63, 3.8) is 0 Å². The molecule has 2 aliphatic carbocycles. The molecule has 2 aliphatic rings. The molecule has 1 nitrogen and oxygen atoms in total. The molecule has 0 bridgehead atoms. The third-order valence-electron chi connectivity index (χ3n) is 5.02. The van der Waals surface area contributed by atoms with Crippen molar-refractivity contribution >= 4 is 15.9 Å². The minimum Gasteiger partial charge on any atom is -0.310 e. The zero-order chi connectivity index (χ0) is 13.1. The molecule has 2 heteroatoms. The predicted molar refractivity (Wildman–Crippen MR) is 84.1 cm³/mol. The van der Waals surface area contributed by atoms with Gasteiger partial charge in [0.05, 0.1) is 0 Å². The van der Waals surface area contributed by atoms with Crippen LogP contribution in [0.1, 0.15) is 50.5 Å². The van der Waals surface area contributed by atoms with Gasteiger partial charge in [-0.25, -0.2) is 0 Å². The van der Waals surface area contributed by atoms with Gasteiger partial charge in [-0.05, 0) is 48.8 Å². The molecular formula is C17H24BrN. The highest BCUT2D eigenvalue weighted by atomic mass is 79.9. The fourth-order valence-electron chi connectivity index (χ4n) is 3.97. The Morgan fingerprint density at radius 2 is 1.89 bits per heavy atom. The molecule has 0 radical (unpaired) electrons. The van der Waals surface area contributed by atoms with E-state index in [-0.39, 0.29) is 0 Å². The summed E-state index contributed by atoms with van der Waals surface area (Å²) in [5.41, 5.74) is 1.39. The molecule has 3 unspecified atom stereocenters. The van der Waals surface area contributed by atoms with Crippen LogP contribution in [0, 0.1) is 11.8 Å². The minimum atomic E-state index is 0.748. The van der Waals surface area contributed by atoms with Gasteiger partial charge < -0.3 is 5.32 Å². The molecule has 1 N–H and O–H groups in total. The first-order valence-electron chi connectivity index (χ1n) is 7.79. The highest BCUT2D eigenvalue weighted by Crippen LogP contribution is 2.40. The van der Waals surface area contributed by atoms with Gasteiger partial charge in [0.1, 0.15) is 0 Å². The standard InChI is InChI=1S/C17H24BrN/c18-16-7-3-4-13(10-16)12-19-17-9-8-14-5-1-2-6-15(14)11-17/h3-4,7,10,14-15,17,19H,1-2,5-6,8-9,11-12H2. The van der Waals surface area contributed by atoms with E-state index in [1.54, 1.807) is 0 Å². The van der Waals surface area contributed by atoms with Crippen molar-refractivity contribution in [1.82, 2.24) is 5.32 Å².